The molecule has 0 aromatic heterocycles. The lowest BCUT2D eigenvalue weighted by Gasteiger charge is -2.57. The summed E-state index contributed by atoms with van der Waals surface area (Å²) in [6.45, 7) is 4.21. The number of anilines is 1. The Hall–Kier alpha value is -3.71. The highest BCUT2D eigenvalue weighted by molar-refractivity contribution is 6.24. The molecule has 3 aromatic carbocycles. The molecule has 1 fully saturated rings. The van der Waals surface area contributed by atoms with Crippen LogP contribution in [0.4, 0.5) is 5.69 Å². The number of nitrogens with zero attached hydrogens (tertiary/aromatic N) is 2. The molecule has 2 bridgehead atoms. The van der Waals surface area contributed by atoms with E-state index >= 15 is 0 Å². The van der Waals surface area contributed by atoms with Gasteiger partial charge < -0.3 is 0 Å². The summed E-state index contributed by atoms with van der Waals surface area (Å²) in [5.74, 6) is -1.45. The van der Waals surface area contributed by atoms with Gasteiger partial charge in [-0.3, -0.25) is 9.59 Å². The van der Waals surface area contributed by atoms with E-state index in [9.17, 15) is 14.9 Å². The Morgan fingerprint density at radius 3 is 1.52 bits per heavy atom. The van der Waals surface area contributed by atoms with Gasteiger partial charge in [-0.25, -0.2) is 4.90 Å². The quantitative estimate of drug-likeness (QED) is 0.568. The molecular weight excluding hydrogens is 384 g/mol. The minimum Gasteiger partial charge on any atom is -0.274 e. The van der Waals surface area contributed by atoms with Crippen molar-refractivity contribution in [3.63, 3.8) is 0 Å². The molecule has 2 amide bonds. The predicted molar refractivity (Wildman–Crippen MR) is 116 cm³/mol. The molecule has 1 aliphatic heterocycles. The first-order valence-electron chi connectivity index (χ1n) is 10.5. The number of hydrogen-bond donors (Lipinski definition) is 0. The van der Waals surface area contributed by atoms with Crippen LogP contribution in [-0.4, -0.2) is 11.8 Å². The summed E-state index contributed by atoms with van der Waals surface area (Å²) in [4.78, 5) is 29.2. The summed E-state index contributed by atoms with van der Waals surface area (Å²) < 4.78 is 0. The standard InChI is InChI=1S/C27H20N2O2/c1-26-17-10-4-6-12-19(17)27(2,20-13-7-5-11-18(20)26)23-22(26)24(30)29(25(23)31)21-14-8-3-9-16(21)15-28/h3-14,22-23H,1-2H3/t22-,23-,26?,27?/m0/s1. The molecule has 0 spiro atoms. The maximum atomic E-state index is 14.0. The van der Waals surface area contributed by atoms with E-state index in [0.717, 1.165) is 22.3 Å². The average molecular weight is 404 g/mol. The van der Waals surface area contributed by atoms with Crippen LogP contribution in [0, 0.1) is 23.2 Å². The van der Waals surface area contributed by atoms with Crippen molar-refractivity contribution in [1.29, 1.82) is 5.26 Å². The normalized spacial score (nSPS) is 29.9. The first-order chi connectivity index (χ1) is 15.0. The molecule has 2 atom stereocenters. The molecule has 0 N–H and O–H groups in total. The Morgan fingerprint density at radius 2 is 1.10 bits per heavy atom. The van der Waals surface area contributed by atoms with Crippen molar-refractivity contribution in [2.45, 2.75) is 24.7 Å². The number of benzene rings is 3. The molecule has 3 aliphatic carbocycles. The summed E-state index contributed by atoms with van der Waals surface area (Å²) in [6.07, 6.45) is 0. The molecule has 4 aliphatic rings. The average Bonchev–Trinajstić information content (AvgIpc) is 3.08. The van der Waals surface area contributed by atoms with E-state index in [0.29, 0.717) is 11.3 Å². The predicted octanol–water partition coefficient (Wildman–Crippen LogP) is 4.30. The van der Waals surface area contributed by atoms with Crippen LogP contribution in [0.2, 0.25) is 0 Å². The second-order valence-corrected chi connectivity index (χ2v) is 9.09. The van der Waals surface area contributed by atoms with Gasteiger partial charge in [0, 0.05) is 10.8 Å². The molecular formula is C27H20N2O2. The Bertz CT molecular complexity index is 1230. The van der Waals surface area contributed by atoms with Crippen molar-refractivity contribution >= 4 is 17.5 Å². The fourth-order valence-electron chi connectivity index (χ4n) is 6.57. The maximum absolute atomic E-state index is 14.0. The Morgan fingerprint density at radius 1 is 0.710 bits per heavy atom. The largest absolute Gasteiger partial charge is 0.274 e. The molecule has 150 valence electrons. The van der Waals surface area contributed by atoms with Crippen LogP contribution < -0.4 is 4.90 Å². The third-order valence-corrected chi connectivity index (χ3v) is 7.91. The van der Waals surface area contributed by atoms with Gasteiger partial charge in [0.1, 0.15) is 6.07 Å². The number of rotatable bonds is 1. The lowest BCUT2D eigenvalue weighted by molar-refractivity contribution is -0.124. The van der Waals surface area contributed by atoms with E-state index in [1.807, 2.05) is 24.3 Å². The van der Waals surface area contributed by atoms with Crippen molar-refractivity contribution in [2.24, 2.45) is 11.8 Å². The van der Waals surface area contributed by atoms with E-state index in [1.165, 1.54) is 4.90 Å². The third kappa shape index (κ3) is 1.86. The van der Waals surface area contributed by atoms with Gasteiger partial charge in [0.05, 0.1) is 23.1 Å². The molecule has 0 saturated carbocycles. The van der Waals surface area contributed by atoms with Crippen molar-refractivity contribution in [1.82, 2.24) is 0 Å². The van der Waals surface area contributed by atoms with E-state index in [4.69, 9.17) is 0 Å². The number of imide groups is 1. The SMILES string of the molecule is CC12c3ccccc3C(C)(c3ccccc31)[C@@H]1C(=O)N(c3ccccc3C#N)C(=O)[C@H]12. The van der Waals surface area contributed by atoms with Crippen molar-refractivity contribution in [2.75, 3.05) is 4.90 Å². The summed E-state index contributed by atoms with van der Waals surface area (Å²) in [5.41, 5.74) is 3.97. The second-order valence-electron chi connectivity index (χ2n) is 9.09. The van der Waals surface area contributed by atoms with E-state index in [-0.39, 0.29) is 11.8 Å². The van der Waals surface area contributed by atoms with Gasteiger partial charge in [-0.15, -0.1) is 0 Å². The summed E-state index contributed by atoms with van der Waals surface area (Å²) in [5, 5.41) is 9.61. The maximum Gasteiger partial charge on any atom is 0.239 e. The number of carbonyl (C=O) groups is 2. The van der Waals surface area contributed by atoms with Gasteiger partial charge in [-0.05, 0) is 34.4 Å². The van der Waals surface area contributed by atoms with Gasteiger partial charge in [-0.1, -0.05) is 74.5 Å². The van der Waals surface area contributed by atoms with E-state index in [1.54, 1.807) is 24.3 Å². The van der Waals surface area contributed by atoms with Crippen LogP contribution in [0.5, 0.6) is 0 Å². The molecule has 3 aromatic rings. The molecule has 4 heteroatoms. The Balaban J connectivity index is 1.68. The van der Waals surface area contributed by atoms with Crippen LogP contribution in [-0.2, 0) is 20.4 Å². The fourth-order valence-corrected chi connectivity index (χ4v) is 6.57. The van der Waals surface area contributed by atoms with Crippen LogP contribution >= 0.6 is 0 Å². The first-order valence-corrected chi connectivity index (χ1v) is 10.5. The lowest BCUT2D eigenvalue weighted by Crippen LogP contribution is -2.59. The Labute approximate surface area is 180 Å². The summed E-state index contributed by atoms with van der Waals surface area (Å²) in [6, 6.07) is 25.4. The highest BCUT2D eigenvalue weighted by atomic mass is 16.2. The van der Waals surface area contributed by atoms with E-state index in [2.05, 4.69) is 44.2 Å². The smallest absolute Gasteiger partial charge is 0.239 e. The Kier molecular flexibility index (Phi) is 3.33. The van der Waals surface area contributed by atoms with Crippen LogP contribution in [0.3, 0.4) is 0 Å². The monoisotopic (exact) mass is 404 g/mol. The number of hydrogen-bond acceptors (Lipinski definition) is 3. The highest BCUT2D eigenvalue weighted by Gasteiger charge is 2.70. The van der Waals surface area contributed by atoms with Crippen molar-refractivity contribution < 1.29 is 9.59 Å². The zero-order valence-electron chi connectivity index (χ0n) is 17.3. The highest BCUT2D eigenvalue weighted by Crippen LogP contribution is 2.66. The molecule has 0 radical (unpaired) electrons. The number of nitriles is 1. The molecule has 31 heavy (non-hydrogen) atoms. The number of amides is 2. The van der Waals surface area contributed by atoms with Crippen LogP contribution in [0.15, 0.2) is 72.8 Å². The number of carbonyl (C=O) groups excluding carboxylic acids is 2. The second kappa shape index (κ2) is 5.70. The van der Waals surface area contributed by atoms with Crippen molar-refractivity contribution in [3.05, 3.63) is 101 Å². The fraction of sp³-hybridized carbons (Fsp3) is 0.222. The summed E-state index contributed by atoms with van der Waals surface area (Å²) in [7, 11) is 0. The van der Waals surface area contributed by atoms with Gasteiger partial charge in [0.25, 0.3) is 0 Å². The minimum atomic E-state index is -0.612. The van der Waals surface area contributed by atoms with Crippen LogP contribution in [0.1, 0.15) is 41.7 Å². The molecule has 0 unspecified atom stereocenters. The number of para-hydroxylation sites is 1. The molecule has 4 nitrogen and oxygen atoms in total. The molecule has 1 saturated heterocycles. The van der Waals surface area contributed by atoms with Gasteiger partial charge in [0.15, 0.2) is 0 Å². The van der Waals surface area contributed by atoms with Crippen molar-refractivity contribution in [3.8, 4) is 6.07 Å². The molecule has 1 heterocycles. The third-order valence-electron chi connectivity index (χ3n) is 7.91. The van der Waals surface area contributed by atoms with Gasteiger partial charge in [0.2, 0.25) is 11.8 Å². The summed E-state index contributed by atoms with van der Waals surface area (Å²) >= 11 is 0. The van der Waals surface area contributed by atoms with Gasteiger partial charge >= 0.3 is 0 Å². The zero-order valence-corrected chi connectivity index (χ0v) is 17.3. The minimum absolute atomic E-state index is 0.213. The van der Waals surface area contributed by atoms with E-state index < -0.39 is 22.7 Å². The van der Waals surface area contributed by atoms with Gasteiger partial charge in [-0.2, -0.15) is 5.26 Å². The van der Waals surface area contributed by atoms with Crippen LogP contribution in [0.25, 0.3) is 0 Å². The topological polar surface area (TPSA) is 61.2 Å². The lowest BCUT2D eigenvalue weighted by atomic mass is 9.42. The molecule has 7 rings (SSSR count). The zero-order chi connectivity index (χ0) is 21.5. The first kappa shape index (κ1) is 18.1.